The van der Waals surface area contributed by atoms with Crippen molar-refractivity contribution in [2.24, 2.45) is 0 Å². The van der Waals surface area contributed by atoms with Crippen LogP contribution < -0.4 is 5.32 Å². The predicted octanol–water partition coefficient (Wildman–Crippen LogP) is 2.75. The lowest BCUT2D eigenvalue weighted by Gasteiger charge is -2.34. The summed E-state index contributed by atoms with van der Waals surface area (Å²) in [6, 6.07) is 7.46. The van der Waals surface area contributed by atoms with Crippen LogP contribution in [0.1, 0.15) is 18.0 Å². The molecular formula is C13H18Cl3N3O. The van der Waals surface area contributed by atoms with Crippen LogP contribution in [0.5, 0.6) is 5.75 Å². The quantitative estimate of drug-likeness (QED) is 0.889. The summed E-state index contributed by atoms with van der Waals surface area (Å²) in [6.07, 6.45) is 0.432. The first-order valence-corrected chi connectivity index (χ1v) is 6.40. The van der Waals surface area contributed by atoms with Crippen molar-refractivity contribution in [3.8, 4) is 11.8 Å². The van der Waals surface area contributed by atoms with E-state index < -0.39 is 0 Å². The summed E-state index contributed by atoms with van der Waals surface area (Å²) in [4.78, 5) is 2.28. The van der Waals surface area contributed by atoms with Crippen molar-refractivity contribution >= 4 is 36.4 Å². The van der Waals surface area contributed by atoms with Crippen LogP contribution >= 0.6 is 36.4 Å². The Morgan fingerprint density at radius 2 is 2.00 bits per heavy atom. The molecule has 0 aromatic heterocycles. The molecule has 7 heteroatoms. The lowest BCUT2D eigenvalue weighted by atomic mass is 10.0. The summed E-state index contributed by atoms with van der Waals surface area (Å²) in [5.41, 5.74) is 0.987. The van der Waals surface area contributed by atoms with Gasteiger partial charge in [0.2, 0.25) is 0 Å². The van der Waals surface area contributed by atoms with Gasteiger partial charge in [-0.15, -0.1) is 24.8 Å². The highest BCUT2D eigenvalue weighted by atomic mass is 35.5. The SMILES string of the molecule is Cl.Cl.N#CC[C@@H](c1ccc(O)c(Cl)c1)N1CCNCC1. The summed E-state index contributed by atoms with van der Waals surface area (Å²) >= 11 is 5.93. The normalized spacial score (nSPS) is 16.4. The Labute approximate surface area is 136 Å². The third kappa shape index (κ3) is 4.69. The highest BCUT2D eigenvalue weighted by molar-refractivity contribution is 6.32. The number of nitriles is 1. The van der Waals surface area contributed by atoms with Crippen LogP contribution in [0.3, 0.4) is 0 Å². The molecule has 4 nitrogen and oxygen atoms in total. The van der Waals surface area contributed by atoms with E-state index in [1.54, 1.807) is 12.1 Å². The number of nitrogens with zero attached hydrogens (tertiary/aromatic N) is 2. The predicted molar refractivity (Wildman–Crippen MR) is 85.0 cm³/mol. The molecule has 0 radical (unpaired) electrons. The van der Waals surface area contributed by atoms with E-state index in [4.69, 9.17) is 16.9 Å². The molecule has 0 saturated carbocycles. The second-order valence-electron chi connectivity index (χ2n) is 4.37. The maximum Gasteiger partial charge on any atom is 0.134 e. The fraction of sp³-hybridized carbons (Fsp3) is 0.462. The van der Waals surface area contributed by atoms with Crippen LogP contribution in [0.15, 0.2) is 18.2 Å². The zero-order valence-corrected chi connectivity index (χ0v) is 13.3. The Bertz CT molecular complexity index is 459. The summed E-state index contributed by atoms with van der Waals surface area (Å²) in [7, 11) is 0. The lowest BCUT2D eigenvalue weighted by molar-refractivity contribution is 0.175. The molecule has 0 unspecified atom stereocenters. The van der Waals surface area contributed by atoms with Crippen LogP contribution in [0.4, 0.5) is 0 Å². The van der Waals surface area contributed by atoms with Gasteiger partial charge >= 0.3 is 0 Å². The number of hydrogen-bond donors (Lipinski definition) is 2. The maximum absolute atomic E-state index is 9.45. The van der Waals surface area contributed by atoms with Gasteiger partial charge in [-0.05, 0) is 17.7 Å². The number of hydrogen-bond acceptors (Lipinski definition) is 4. The molecule has 1 heterocycles. The van der Waals surface area contributed by atoms with E-state index in [-0.39, 0.29) is 36.6 Å². The van der Waals surface area contributed by atoms with Gasteiger partial charge in [0.1, 0.15) is 5.75 Å². The molecule has 0 aliphatic carbocycles. The molecule has 0 bridgehead atoms. The Kier molecular flexibility index (Phi) is 8.95. The van der Waals surface area contributed by atoms with Gasteiger partial charge in [0.25, 0.3) is 0 Å². The molecule has 1 aromatic rings. The smallest absolute Gasteiger partial charge is 0.134 e. The molecule has 2 rings (SSSR count). The Balaban J connectivity index is 0.00000180. The first-order valence-electron chi connectivity index (χ1n) is 6.02. The Morgan fingerprint density at radius 3 is 2.55 bits per heavy atom. The standard InChI is InChI=1S/C13H16ClN3O.2ClH/c14-11-9-10(1-2-13(11)18)12(3-4-15)17-7-5-16-6-8-17;;/h1-2,9,12,16,18H,3,5-8H2;2*1H/t12-;;/m0../s1. The number of benzene rings is 1. The van der Waals surface area contributed by atoms with E-state index >= 15 is 0 Å². The number of phenols is 1. The third-order valence-corrected chi connectivity index (χ3v) is 3.54. The fourth-order valence-electron chi connectivity index (χ4n) is 2.27. The second-order valence-corrected chi connectivity index (χ2v) is 4.78. The molecule has 0 spiro atoms. The number of piperazine rings is 1. The van der Waals surface area contributed by atoms with Crippen molar-refractivity contribution in [2.75, 3.05) is 26.2 Å². The molecule has 1 aliphatic heterocycles. The fourth-order valence-corrected chi connectivity index (χ4v) is 2.46. The van der Waals surface area contributed by atoms with Crippen LogP contribution in [0.25, 0.3) is 0 Å². The van der Waals surface area contributed by atoms with Crippen molar-refractivity contribution in [2.45, 2.75) is 12.5 Å². The van der Waals surface area contributed by atoms with Crippen LogP contribution in [0, 0.1) is 11.3 Å². The first-order chi connectivity index (χ1) is 8.72. The Hall–Kier alpha value is -0.700. The Morgan fingerprint density at radius 1 is 1.35 bits per heavy atom. The lowest BCUT2D eigenvalue weighted by Crippen LogP contribution is -2.45. The molecule has 20 heavy (non-hydrogen) atoms. The molecule has 0 amide bonds. The summed E-state index contributed by atoms with van der Waals surface area (Å²) in [5, 5.41) is 22.1. The molecule has 1 atom stereocenters. The minimum absolute atomic E-state index is 0. The van der Waals surface area contributed by atoms with Crippen molar-refractivity contribution in [3.05, 3.63) is 28.8 Å². The molecule has 2 N–H and O–H groups in total. The molecule has 1 fully saturated rings. The van der Waals surface area contributed by atoms with Crippen molar-refractivity contribution < 1.29 is 5.11 Å². The summed E-state index contributed by atoms with van der Waals surface area (Å²) < 4.78 is 0. The van der Waals surface area contributed by atoms with E-state index in [1.807, 2.05) is 6.07 Å². The highest BCUT2D eigenvalue weighted by Gasteiger charge is 2.22. The summed E-state index contributed by atoms with van der Waals surface area (Å²) in [5.74, 6) is 0.0800. The van der Waals surface area contributed by atoms with Crippen molar-refractivity contribution in [3.63, 3.8) is 0 Å². The molecule has 1 aromatic carbocycles. The van der Waals surface area contributed by atoms with Gasteiger partial charge < -0.3 is 10.4 Å². The van der Waals surface area contributed by atoms with E-state index in [1.165, 1.54) is 0 Å². The number of aromatic hydroxyl groups is 1. The van der Waals surface area contributed by atoms with Gasteiger partial charge in [0.15, 0.2) is 0 Å². The number of phenolic OH excluding ortho intramolecular Hbond substituents is 1. The minimum Gasteiger partial charge on any atom is -0.506 e. The number of nitrogens with one attached hydrogen (secondary N) is 1. The summed E-state index contributed by atoms with van der Waals surface area (Å²) in [6.45, 7) is 3.72. The second kappa shape index (κ2) is 9.28. The van der Waals surface area contributed by atoms with E-state index in [2.05, 4.69) is 16.3 Å². The number of rotatable bonds is 3. The maximum atomic E-state index is 9.45. The molecule has 112 valence electrons. The molecule has 1 saturated heterocycles. The minimum atomic E-state index is 0. The average molecular weight is 339 g/mol. The van der Waals surface area contributed by atoms with E-state index in [0.717, 1.165) is 31.7 Å². The number of halogens is 3. The monoisotopic (exact) mass is 337 g/mol. The highest BCUT2D eigenvalue weighted by Crippen LogP contribution is 2.30. The zero-order chi connectivity index (χ0) is 13.0. The van der Waals surface area contributed by atoms with Crippen LogP contribution in [-0.4, -0.2) is 36.2 Å². The van der Waals surface area contributed by atoms with Crippen LogP contribution in [0.2, 0.25) is 5.02 Å². The van der Waals surface area contributed by atoms with Crippen LogP contribution in [-0.2, 0) is 0 Å². The average Bonchev–Trinajstić information content (AvgIpc) is 2.40. The van der Waals surface area contributed by atoms with Crippen molar-refractivity contribution in [1.82, 2.24) is 10.2 Å². The topological polar surface area (TPSA) is 59.3 Å². The van der Waals surface area contributed by atoms with E-state index in [9.17, 15) is 5.11 Å². The molecule has 1 aliphatic rings. The van der Waals surface area contributed by atoms with E-state index in [0.29, 0.717) is 11.4 Å². The van der Waals surface area contributed by atoms with Gasteiger partial charge in [-0.2, -0.15) is 5.26 Å². The zero-order valence-electron chi connectivity index (χ0n) is 10.9. The molecular weight excluding hydrogens is 321 g/mol. The van der Waals surface area contributed by atoms with Gasteiger partial charge in [-0.3, -0.25) is 4.90 Å². The van der Waals surface area contributed by atoms with Gasteiger partial charge in [-0.25, -0.2) is 0 Å². The van der Waals surface area contributed by atoms with Crippen molar-refractivity contribution in [1.29, 1.82) is 5.26 Å². The van der Waals surface area contributed by atoms with Gasteiger partial charge in [0, 0.05) is 32.2 Å². The van der Waals surface area contributed by atoms with Gasteiger partial charge in [0.05, 0.1) is 17.5 Å². The first kappa shape index (κ1) is 19.3. The largest absolute Gasteiger partial charge is 0.506 e. The third-order valence-electron chi connectivity index (χ3n) is 3.23. The van der Waals surface area contributed by atoms with Gasteiger partial charge in [-0.1, -0.05) is 17.7 Å².